The van der Waals surface area contributed by atoms with Gasteiger partial charge in [0.05, 0.1) is 17.1 Å². The van der Waals surface area contributed by atoms with Crippen LogP contribution in [0.4, 0.5) is 0 Å². The van der Waals surface area contributed by atoms with Gasteiger partial charge in [-0.25, -0.2) is 0 Å². The van der Waals surface area contributed by atoms with E-state index in [1.807, 2.05) is 0 Å². The number of pyridine rings is 1. The SMILES string of the molecule is Cc1cc(CN(C)C(=O)c2cnccc2Cl)no1. The van der Waals surface area contributed by atoms with E-state index in [0.717, 1.165) is 0 Å². The fourth-order valence-corrected chi connectivity index (χ4v) is 1.73. The first-order chi connectivity index (χ1) is 8.58. The molecule has 2 rings (SSSR count). The first kappa shape index (κ1) is 12.6. The summed E-state index contributed by atoms with van der Waals surface area (Å²) in [6.07, 6.45) is 3.00. The van der Waals surface area contributed by atoms with Crippen LogP contribution < -0.4 is 0 Å². The Morgan fingerprint density at radius 1 is 1.56 bits per heavy atom. The number of halogens is 1. The molecule has 2 aromatic heterocycles. The van der Waals surface area contributed by atoms with Crippen molar-refractivity contribution in [3.63, 3.8) is 0 Å². The summed E-state index contributed by atoms with van der Waals surface area (Å²) >= 11 is 5.95. The van der Waals surface area contributed by atoms with Crippen molar-refractivity contribution in [2.24, 2.45) is 0 Å². The second kappa shape index (κ2) is 5.18. The number of hydrogen-bond acceptors (Lipinski definition) is 4. The van der Waals surface area contributed by atoms with E-state index in [1.165, 1.54) is 11.1 Å². The third-order valence-corrected chi connectivity index (χ3v) is 2.75. The summed E-state index contributed by atoms with van der Waals surface area (Å²) in [6, 6.07) is 3.37. The number of rotatable bonds is 3. The van der Waals surface area contributed by atoms with Gasteiger partial charge >= 0.3 is 0 Å². The molecular weight excluding hydrogens is 254 g/mol. The molecule has 2 aromatic rings. The molecule has 94 valence electrons. The highest BCUT2D eigenvalue weighted by atomic mass is 35.5. The number of nitrogens with zero attached hydrogens (tertiary/aromatic N) is 3. The Hall–Kier alpha value is -1.88. The maximum atomic E-state index is 12.1. The van der Waals surface area contributed by atoms with Gasteiger partial charge in [-0.1, -0.05) is 16.8 Å². The average Bonchev–Trinajstić information content (AvgIpc) is 2.74. The largest absolute Gasteiger partial charge is 0.361 e. The number of aromatic nitrogens is 2. The third-order valence-electron chi connectivity index (χ3n) is 2.42. The molecule has 5 nitrogen and oxygen atoms in total. The standard InChI is InChI=1S/C12H12ClN3O2/c1-8-5-9(15-18-8)7-16(2)12(17)10-6-14-4-3-11(10)13/h3-6H,7H2,1-2H3. The van der Waals surface area contributed by atoms with Crippen molar-refractivity contribution in [1.82, 2.24) is 15.0 Å². The van der Waals surface area contributed by atoms with Gasteiger partial charge in [0.15, 0.2) is 0 Å². The topological polar surface area (TPSA) is 59.2 Å². The molecule has 6 heteroatoms. The second-order valence-electron chi connectivity index (χ2n) is 3.95. The summed E-state index contributed by atoms with van der Waals surface area (Å²) in [5.74, 6) is 0.513. The molecule has 18 heavy (non-hydrogen) atoms. The first-order valence-corrected chi connectivity index (χ1v) is 5.73. The molecule has 0 aromatic carbocycles. The summed E-state index contributed by atoms with van der Waals surface area (Å²) in [5.41, 5.74) is 1.07. The molecule has 0 N–H and O–H groups in total. The van der Waals surface area contributed by atoms with Crippen molar-refractivity contribution in [2.45, 2.75) is 13.5 Å². The van der Waals surface area contributed by atoms with E-state index in [4.69, 9.17) is 16.1 Å². The molecule has 0 aliphatic heterocycles. The van der Waals surface area contributed by atoms with Crippen LogP contribution in [-0.4, -0.2) is 28.0 Å². The third kappa shape index (κ3) is 2.68. The van der Waals surface area contributed by atoms with E-state index in [-0.39, 0.29) is 5.91 Å². The van der Waals surface area contributed by atoms with Gasteiger partial charge in [-0.15, -0.1) is 0 Å². The van der Waals surface area contributed by atoms with Crippen molar-refractivity contribution in [3.05, 3.63) is 46.6 Å². The molecule has 0 aliphatic rings. The normalized spacial score (nSPS) is 10.4. The number of carbonyl (C=O) groups excluding carboxylic acids is 1. The zero-order chi connectivity index (χ0) is 13.1. The fraction of sp³-hybridized carbons (Fsp3) is 0.250. The summed E-state index contributed by atoms with van der Waals surface area (Å²) < 4.78 is 4.95. The summed E-state index contributed by atoms with van der Waals surface area (Å²) in [6.45, 7) is 2.16. The van der Waals surface area contributed by atoms with Gasteiger partial charge in [-0.2, -0.15) is 0 Å². The number of amides is 1. The maximum absolute atomic E-state index is 12.1. The van der Waals surface area contributed by atoms with Crippen molar-refractivity contribution in [3.8, 4) is 0 Å². The summed E-state index contributed by atoms with van der Waals surface area (Å²) in [5, 5.41) is 4.22. The Kier molecular flexibility index (Phi) is 3.62. The molecule has 0 saturated heterocycles. The molecule has 0 radical (unpaired) electrons. The number of hydrogen-bond donors (Lipinski definition) is 0. The van der Waals surface area contributed by atoms with Crippen molar-refractivity contribution >= 4 is 17.5 Å². The lowest BCUT2D eigenvalue weighted by Gasteiger charge is -2.15. The highest BCUT2D eigenvalue weighted by Crippen LogP contribution is 2.16. The van der Waals surface area contributed by atoms with Crippen LogP contribution in [0, 0.1) is 6.92 Å². The number of carbonyl (C=O) groups is 1. The molecule has 0 saturated carbocycles. The quantitative estimate of drug-likeness (QED) is 0.854. The van der Waals surface area contributed by atoms with Crippen LogP contribution in [0.1, 0.15) is 21.8 Å². The zero-order valence-electron chi connectivity index (χ0n) is 10.1. The van der Waals surface area contributed by atoms with Crippen molar-refractivity contribution in [2.75, 3.05) is 7.05 Å². The van der Waals surface area contributed by atoms with Crippen LogP contribution in [0.5, 0.6) is 0 Å². The Labute approximate surface area is 109 Å². The fourth-order valence-electron chi connectivity index (χ4n) is 1.55. The molecule has 0 aliphatic carbocycles. The zero-order valence-corrected chi connectivity index (χ0v) is 10.8. The predicted octanol–water partition coefficient (Wildman–Crippen LogP) is 2.30. The molecule has 0 fully saturated rings. The minimum absolute atomic E-state index is 0.200. The Bertz CT molecular complexity index is 568. The average molecular weight is 266 g/mol. The molecule has 1 amide bonds. The molecule has 0 atom stereocenters. The first-order valence-electron chi connectivity index (χ1n) is 5.35. The Balaban J connectivity index is 2.12. The maximum Gasteiger partial charge on any atom is 0.257 e. The highest BCUT2D eigenvalue weighted by Gasteiger charge is 2.16. The minimum atomic E-state index is -0.200. The monoisotopic (exact) mass is 265 g/mol. The molecule has 0 spiro atoms. The van der Waals surface area contributed by atoms with Gasteiger partial charge in [0.2, 0.25) is 0 Å². The van der Waals surface area contributed by atoms with E-state index in [0.29, 0.717) is 28.6 Å². The van der Waals surface area contributed by atoms with Gasteiger partial charge < -0.3 is 9.42 Å². The molecule has 0 bridgehead atoms. The van der Waals surface area contributed by atoms with Crippen LogP contribution in [0.25, 0.3) is 0 Å². The lowest BCUT2D eigenvalue weighted by atomic mass is 10.2. The van der Waals surface area contributed by atoms with Gasteiger partial charge in [-0.05, 0) is 13.0 Å². The summed E-state index contributed by atoms with van der Waals surface area (Å²) in [4.78, 5) is 17.5. The molecular formula is C12H12ClN3O2. The molecule has 0 unspecified atom stereocenters. The smallest absolute Gasteiger partial charge is 0.257 e. The Morgan fingerprint density at radius 3 is 2.94 bits per heavy atom. The second-order valence-corrected chi connectivity index (χ2v) is 4.35. The predicted molar refractivity (Wildman–Crippen MR) is 66.3 cm³/mol. The van der Waals surface area contributed by atoms with E-state index in [2.05, 4.69) is 10.1 Å². The lowest BCUT2D eigenvalue weighted by Crippen LogP contribution is -2.26. The lowest BCUT2D eigenvalue weighted by molar-refractivity contribution is 0.0782. The molecule has 2 heterocycles. The Morgan fingerprint density at radius 2 is 2.33 bits per heavy atom. The van der Waals surface area contributed by atoms with E-state index in [9.17, 15) is 4.79 Å². The van der Waals surface area contributed by atoms with Crippen LogP contribution in [0.15, 0.2) is 29.0 Å². The van der Waals surface area contributed by atoms with Gasteiger partial charge in [0.1, 0.15) is 11.5 Å². The number of aryl methyl sites for hydroxylation is 1. The van der Waals surface area contributed by atoms with Crippen LogP contribution in [0.3, 0.4) is 0 Å². The van der Waals surface area contributed by atoms with Gasteiger partial charge in [-0.3, -0.25) is 9.78 Å². The van der Waals surface area contributed by atoms with Crippen LogP contribution in [0.2, 0.25) is 5.02 Å². The van der Waals surface area contributed by atoms with Gasteiger partial charge in [0.25, 0.3) is 5.91 Å². The van der Waals surface area contributed by atoms with Crippen molar-refractivity contribution < 1.29 is 9.32 Å². The van der Waals surface area contributed by atoms with Crippen LogP contribution >= 0.6 is 11.6 Å². The van der Waals surface area contributed by atoms with E-state index >= 15 is 0 Å². The highest BCUT2D eigenvalue weighted by molar-refractivity contribution is 6.33. The minimum Gasteiger partial charge on any atom is -0.361 e. The van der Waals surface area contributed by atoms with Crippen molar-refractivity contribution in [1.29, 1.82) is 0 Å². The van der Waals surface area contributed by atoms with Crippen LogP contribution in [-0.2, 0) is 6.54 Å². The van der Waals surface area contributed by atoms with E-state index < -0.39 is 0 Å². The van der Waals surface area contributed by atoms with Gasteiger partial charge in [0, 0.05) is 25.5 Å². The summed E-state index contributed by atoms with van der Waals surface area (Å²) in [7, 11) is 1.68. The van der Waals surface area contributed by atoms with E-state index in [1.54, 1.807) is 32.3 Å².